The normalized spacial score (nSPS) is 14.6. The number of aromatic nitrogens is 1. The minimum atomic E-state index is -0.225. The summed E-state index contributed by atoms with van der Waals surface area (Å²) in [6.45, 7) is 4.63. The zero-order valence-electron chi connectivity index (χ0n) is 17.7. The number of nitrogens with zero attached hydrogens (tertiary/aromatic N) is 3. The molecule has 3 heterocycles. The van der Waals surface area contributed by atoms with Crippen molar-refractivity contribution in [2.75, 3.05) is 58.5 Å². The van der Waals surface area contributed by atoms with Crippen LogP contribution >= 0.6 is 45.9 Å². The Kier molecular flexibility index (Phi) is 7.75. The molecule has 1 amide bonds. The second kappa shape index (κ2) is 10.5. The Morgan fingerprint density at radius 2 is 1.91 bits per heavy atom. The maximum atomic E-state index is 13.5. The molecular formula is C21H23Cl2N3O4S2. The van der Waals surface area contributed by atoms with E-state index in [0.717, 1.165) is 44.0 Å². The van der Waals surface area contributed by atoms with Crippen LogP contribution in [0.15, 0.2) is 18.2 Å². The van der Waals surface area contributed by atoms with Crippen LogP contribution in [0.1, 0.15) is 16.8 Å². The second-order valence-corrected chi connectivity index (χ2v) is 10.4. The van der Waals surface area contributed by atoms with Crippen molar-refractivity contribution in [1.29, 1.82) is 0 Å². The van der Waals surface area contributed by atoms with E-state index in [-0.39, 0.29) is 5.91 Å². The zero-order chi connectivity index (χ0) is 22.7. The van der Waals surface area contributed by atoms with Crippen molar-refractivity contribution in [2.45, 2.75) is 6.42 Å². The van der Waals surface area contributed by atoms with E-state index < -0.39 is 0 Å². The number of carbonyl (C=O) groups excluding carboxylic acids is 1. The van der Waals surface area contributed by atoms with E-state index in [9.17, 15) is 4.79 Å². The van der Waals surface area contributed by atoms with Crippen LogP contribution in [0, 0.1) is 0 Å². The Balaban J connectivity index is 1.66. The summed E-state index contributed by atoms with van der Waals surface area (Å²) < 4.78 is 18.1. The van der Waals surface area contributed by atoms with Gasteiger partial charge in [0.05, 0.1) is 37.3 Å². The molecule has 0 radical (unpaired) electrons. The van der Waals surface area contributed by atoms with Crippen molar-refractivity contribution in [3.8, 4) is 11.5 Å². The number of carbonyl (C=O) groups is 1. The average Bonchev–Trinajstić information content (AvgIpc) is 3.39. The molecule has 0 bridgehead atoms. The van der Waals surface area contributed by atoms with E-state index in [1.54, 1.807) is 25.2 Å². The lowest BCUT2D eigenvalue weighted by Crippen LogP contribution is -2.39. The minimum absolute atomic E-state index is 0.225. The fraction of sp³-hybridized carbons (Fsp3) is 0.429. The molecule has 1 fully saturated rings. The third-order valence-electron chi connectivity index (χ3n) is 5.22. The highest BCUT2D eigenvalue weighted by molar-refractivity contribution is 7.23. The maximum Gasteiger partial charge on any atom is 0.262 e. The number of morpholine rings is 1. The number of rotatable bonds is 8. The molecule has 0 spiro atoms. The number of hydrogen-bond acceptors (Lipinski definition) is 8. The zero-order valence-corrected chi connectivity index (χ0v) is 20.9. The van der Waals surface area contributed by atoms with E-state index in [1.165, 1.54) is 22.7 Å². The summed E-state index contributed by atoms with van der Waals surface area (Å²) in [5.74, 6) is 1.08. The topological polar surface area (TPSA) is 64.1 Å². The molecule has 0 aliphatic carbocycles. The van der Waals surface area contributed by atoms with Crippen molar-refractivity contribution >= 4 is 67.1 Å². The fourth-order valence-corrected chi connectivity index (χ4v) is 6.13. The number of thiophene rings is 1. The van der Waals surface area contributed by atoms with Crippen molar-refractivity contribution in [3.63, 3.8) is 0 Å². The molecular weight excluding hydrogens is 493 g/mol. The van der Waals surface area contributed by atoms with E-state index in [4.69, 9.17) is 42.4 Å². The molecule has 2 aromatic heterocycles. The molecule has 11 heteroatoms. The number of ether oxygens (including phenoxy) is 3. The molecule has 0 unspecified atom stereocenters. The first-order chi connectivity index (χ1) is 15.5. The van der Waals surface area contributed by atoms with Gasteiger partial charge in [0.25, 0.3) is 5.91 Å². The number of amides is 1. The quantitative estimate of drug-likeness (QED) is 0.418. The molecule has 0 N–H and O–H groups in total. The summed E-state index contributed by atoms with van der Waals surface area (Å²) in [6, 6.07) is 5.26. The smallest absolute Gasteiger partial charge is 0.262 e. The summed E-state index contributed by atoms with van der Waals surface area (Å²) in [6.07, 6.45) is 0.783. The highest BCUT2D eigenvalue weighted by Gasteiger charge is 2.26. The lowest BCUT2D eigenvalue weighted by atomic mass is 10.2. The number of anilines is 1. The second-order valence-electron chi connectivity index (χ2n) is 7.15. The number of benzene rings is 1. The summed E-state index contributed by atoms with van der Waals surface area (Å²) in [4.78, 5) is 22.3. The number of hydrogen-bond donors (Lipinski definition) is 0. The van der Waals surface area contributed by atoms with Crippen molar-refractivity contribution in [1.82, 2.24) is 9.88 Å². The van der Waals surface area contributed by atoms with Gasteiger partial charge < -0.3 is 14.2 Å². The summed E-state index contributed by atoms with van der Waals surface area (Å²) in [7, 11) is 3.21. The third kappa shape index (κ3) is 4.98. The molecule has 3 aromatic rings. The maximum absolute atomic E-state index is 13.5. The number of halogens is 2. The van der Waals surface area contributed by atoms with Crippen LogP contribution in [0.3, 0.4) is 0 Å². The minimum Gasteiger partial charge on any atom is -0.495 e. The van der Waals surface area contributed by atoms with E-state index in [2.05, 4.69) is 4.90 Å². The van der Waals surface area contributed by atoms with Gasteiger partial charge in [-0.3, -0.25) is 14.6 Å². The van der Waals surface area contributed by atoms with E-state index in [0.29, 0.717) is 42.9 Å². The first-order valence-corrected chi connectivity index (χ1v) is 12.5. The van der Waals surface area contributed by atoms with Crippen LogP contribution in [0.4, 0.5) is 5.13 Å². The van der Waals surface area contributed by atoms with Crippen LogP contribution < -0.4 is 14.4 Å². The molecule has 1 aliphatic rings. The molecule has 1 aliphatic heterocycles. The highest BCUT2D eigenvalue weighted by Crippen LogP contribution is 2.41. The highest BCUT2D eigenvalue weighted by atomic mass is 35.5. The van der Waals surface area contributed by atoms with Gasteiger partial charge in [0.1, 0.15) is 26.1 Å². The third-order valence-corrected chi connectivity index (χ3v) is 7.80. The lowest BCUT2D eigenvalue weighted by molar-refractivity contribution is 0.0376. The van der Waals surface area contributed by atoms with Gasteiger partial charge in [0, 0.05) is 26.2 Å². The van der Waals surface area contributed by atoms with Crippen molar-refractivity contribution < 1.29 is 19.0 Å². The summed E-state index contributed by atoms with van der Waals surface area (Å²) in [5.41, 5.74) is 1.04. The molecule has 1 aromatic carbocycles. The Bertz CT molecular complexity index is 1060. The van der Waals surface area contributed by atoms with Gasteiger partial charge in [-0.15, -0.1) is 11.3 Å². The van der Waals surface area contributed by atoms with Gasteiger partial charge in [-0.25, -0.2) is 4.98 Å². The number of thiazole rings is 1. The van der Waals surface area contributed by atoms with Gasteiger partial charge in [0.2, 0.25) is 0 Å². The molecule has 172 valence electrons. The van der Waals surface area contributed by atoms with Crippen molar-refractivity contribution in [2.24, 2.45) is 0 Å². The first-order valence-electron chi connectivity index (χ1n) is 10.1. The average molecular weight is 516 g/mol. The fourth-order valence-electron chi connectivity index (χ4n) is 3.58. The van der Waals surface area contributed by atoms with Gasteiger partial charge in [-0.05, 0) is 24.6 Å². The van der Waals surface area contributed by atoms with Gasteiger partial charge in [0.15, 0.2) is 5.13 Å². The van der Waals surface area contributed by atoms with Gasteiger partial charge in [-0.1, -0.05) is 34.5 Å². The van der Waals surface area contributed by atoms with Crippen LogP contribution in [-0.2, 0) is 4.74 Å². The monoisotopic (exact) mass is 515 g/mol. The van der Waals surface area contributed by atoms with Crippen LogP contribution in [-0.4, -0.2) is 69.4 Å². The number of fused-ring (bicyclic) bond motifs is 1. The standard InChI is InChI=1S/C21H23Cl2N3O4S2/c1-28-14-4-5-15(29-2)18-17(14)24-21(32-18)26(7-3-6-25-8-10-30-11-9-25)20(27)13-12-16(22)31-19(13)23/h4-5,12H,3,6-11H2,1-2H3. The van der Waals surface area contributed by atoms with Crippen LogP contribution in [0.5, 0.6) is 11.5 Å². The predicted molar refractivity (Wildman–Crippen MR) is 131 cm³/mol. The van der Waals surface area contributed by atoms with E-state index >= 15 is 0 Å². The van der Waals surface area contributed by atoms with Crippen LogP contribution in [0.25, 0.3) is 10.2 Å². The molecule has 1 saturated heterocycles. The number of methoxy groups -OCH3 is 2. The van der Waals surface area contributed by atoms with Crippen LogP contribution in [0.2, 0.25) is 8.67 Å². The van der Waals surface area contributed by atoms with E-state index in [1.807, 2.05) is 12.1 Å². The Morgan fingerprint density at radius 1 is 1.19 bits per heavy atom. The Hall–Kier alpha value is -1.62. The lowest BCUT2D eigenvalue weighted by Gasteiger charge is -2.27. The molecule has 7 nitrogen and oxygen atoms in total. The SMILES string of the molecule is COc1ccc(OC)c2sc(N(CCCN3CCOCC3)C(=O)c3cc(Cl)sc3Cl)nc12. The molecule has 0 saturated carbocycles. The predicted octanol–water partition coefficient (Wildman–Crippen LogP) is 5.05. The largest absolute Gasteiger partial charge is 0.495 e. The Labute approximate surface area is 204 Å². The first kappa shape index (κ1) is 23.5. The van der Waals surface area contributed by atoms with Crippen molar-refractivity contribution in [3.05, 3.63) is 32.4 Å². The molecule has 32 heavy (non-hydrogen) atoms. The summed E-state index contributed by atoms with van der Waals surface area (Å²) >= 11 is 15.0. The summed E-state index contributed by atoms with van der Waals surface area (Å²) in [5, 5.41) is 0.563. The Morgan fingerprint density at radius 3 is 2.56 bits per heavy atom. The van der Waals surface area contributed by atoms with Gasteiger partial charge >= 0.3 is 0 Å². The van der Waals surface area contributed by atoms with Gasteiger partial charge in [-0.2, -0.15) is 0 Å². The molecule has 0 atom stereocenters. The molecule has 4 rings (SSSR count).